The number of ether oxygens (including phenoxy) is 2. The van der Waals surface area contributed by atoms with Crippen molar-refractivity contribution in [1.82, 2.24) is 19.8 Å². The molecule has 53 heavy (non-hydrogen) atoms. The Balaban J connectivity index is 0.000000335. The number of methoxy groups -OCH3 is 2. The highest BCUT2D eigenvalue weighted by Crippen LogP contribution is 2.43. The van der Waals surface area contributed by atoms with Gasteiger partial charge in [0, 0.05) is 48.3 Å². The fourth-order valence-electron chi connectivity index (χ4n) is 8.89. The number of fused-ring (bicyclic) bond motifs is 8. The number of aromatic nitrogens is 2. The molecule has 13 nitrogen and oxygen atoms in total. The first-order chi connectivity index (χ1) is 23.4. The van der Waals surface area contributed by atoms with E-state index in [1.54, 1.807) is 26.6 Å². The molecule has 2 aromatic carbocycles. The summed E-state index contributed by atoms with van der Waals surface area (Å²) in [5, 5.41) is 24.3. The lowest BCUT2D eigenvalue weighted by Crippen LogP contribution is -2.54. The normalized spacial score (nSPS) is 27.4. The molecule has 0 aliphatic carbocycles. The molecule has 6 saturated heterocycles. The minimum absolute atomic E-state index is 0. The predicted octanol–water partition coefficient (Wildman–Crippen LogP) is 2.22. The first-order valence-corrected chi connectivity index (χ1v) is 17.4. The van der Waals surface area contributed by atoms with E-state index in [0.717, 1.165) is 83.5 Å². The molecule has 4 bridgehead atoms. The Kier molecular flexibility index (Phi) is 16.5. The van der Waals surface area contributed by atoms with Gasteiger partial charge < -0.3 is 47.1 Å². The van der Waals surface area contributed by atoms with Crippen molar-refractivity contribution in [3.63, 3.8) is 0 Å². The number of pyridine rings is 2. The Morgan fingerprint density at radius 2 is 1.06 bits per heavy atom. The van der Waals surface area contributed by atoms with Gasteiger partial charge in [-0.25, -0.2) is 0 Å². The van der Waals surface area contributed by atoms with Gasteiger partial charge in [-0.1, -0.05) is 12.2 Å². The molecule has 2 unspecified atom stereocenters. The van der Waals surface area contributed by atoms with Crippen LogP contribution in [0.1, 0.15) is 49.0 Å². The summed E-state index contributed by atoms with van der Waals surface area (Å²) < 4.78 is 10.7. The molecule has 12 N–H and O–H groups in total. The van der Waals surface area contributed by atoms with Gasteiger partial charge in [-0.3, -0.25) is 19.8 Å². The van der Waals surface area contributed by atoms with Crippen molar-refractivity contribution >= 4 is 21.8 Å². The number of aliphatic hydroxyl groups excluding tert-OH is 2. The number of piperidine rings is 6. The largest absolute Gasteiger partial charge is 0.497 e. The van der Waals surface area contributed by atoms with E-state index < -0.39 is 12.2 Å². The Bertz CT molecular complexity index is 1660. The monoisotopic (exact) mass is 738 g/mol. The van der Waals surface area contributed by atoms with Crippen molar-refractivity contribution in [2.75, 3.05) is 40.4 Å². The lowest BCUT2D eigenvalue weighted by molar-refractivity contribution is -0.0445. The summed E-state index contributed by atoms with van der Waals surface area (Å²) in [7, 11) is 3.32. The molecular formula is C40H58N4O9. The number of hydrogen-bond acceptors (Lipinski definition) is 8. The maximum Gasteiger partial charge on any atom is 0.119 e. The SMILES string of the molecule is C=C[C@H]1CN2CC[C@H]1C[C@@H]2[C@@H](O)c1ccnc2ccc(OC)cc12.C=C[C@H]1CN2CC[C@H]1C[C@@H]2[C@@H](O)c1ccnc2ccc(OC)cc12.O.O.O.O.O. The molecule has 6 fully saturated rings. The minimum atomic E-state index is -0.504. The molecule has 0 radical (unpaired) electrons. The van der Waals surface area contributed by atoms with E-state index >= 15 is 0 Å². The lowest BCUT2D eigenvalue weighted by Gasteiger charge is -2.50. The van der Waals surface area contributed by atoms with Gasteiger partial charge in [0.15, 0.2) is 0 Å². The van der Waals surface area contributed by atoms with Crippen molar-refractivity contribution in [3.05, 3.63) is 97.4 Å². The van der Waals surface area contributed by atoms with Gasteiger partial charge in [0.1, 0.15) is 11.5 Å². The quantitative estimate of drug-likeness (QED) is 0.253. The van der Waals surface area contributed by atoms with Crippen LogP contribution in [0.15, 0.2) is 86.2 Å². The van der Waals surface area contributed by atoms with E-state index in [4.69, 9.17) is 9.47 Å². The molecule has 2 aromatic heterocycles. The molecule has 6 aliphatic heterocycles. The average Bonchev–Trinajstić information content (AvgIpc) is 3.16. The molecule has 292 valence electrons. The number of rotatable bonds is 8. The van der Waals surface area contributed by atoms with Crippen LogP contribution in [0.4, 0.5) is 0 Å². The average molecular weight is 739 g/mol. The second-order valence-corrected chi connectivity index (χ2v) is 13.9. The van der Waals surface area contributed by atoms with Crippen LogP contribution in [-0.4, -0.2) is 110 Å². The second-order valence-electron chi connectivity index (χ2n) is 13.9. The third kappa shape index (κ3) is 8.70. The summed E-state index contributed by atoms with van der Waals surface area (Å²) in [6.07, 6.45) is 11.2. The smallest absolute Gasteiger partial charge is 0.119 e. The summed E-state index contributed by atoms with van der Waals surface area (Å²) in [6.45, 7) is 12.1. The first kappa shape index (κ1) is 45.1. The first-order valence-electron chi connectivity index (χ1n) is 17.4. The molecule has 0 saturated carbocycles. The van der Waals surface area contributed by atoms with Crippen LogP contribution in [0.2, 0.25) is 0 Å². The van der Waals surface area contributed by atoms with Crippen LogP contribution < -0.4 is 9.47 Å². The van der Waals surface area contributed by atoms with Crippen LogP contribution in [0, 0.1) is 23.7 Å². The second kappa shape index (κ2) is 19.3. The van der Waals surface area contributed by atoms with Crippen LogP contribution >= 0.6 is 0 Å². The molecule has 10 atom stereocenters. The van der Waals surface area contributed by atoms with Crippen LogP contribution in [0.5, 0.6) is 11.5 Å². The molecule has 4 aromatic rings. The van der Waals surface area contributed by atoms with Crippen LogP contribution in [-0.2, 0) is 0 Å². The van der Waals surface area contributed by atoms with Crippen molar-refractivity contribution in [3.8, 4) is 11.5 Å². The summed E-state index contributed by atoms with van der Waals surface area (Å²) in [6, 6.07) is 15.9. The Labute approximate surface area is 311 Å². The van der Waals surface area contributed by atoms with Crippen molar-refractivity contribution in [2.45, 2.75) is 50.0 Å². The highest BCUT2D eigenvalue weighted by Gasteiger charge is 2.43. The maximum atomic E-state index is 11.2. The fraction of sp³-hybridized carbons (Fsp3) is 0.450. The minimum Gasteiger partial charge on any atom is -0.497 e. The van der Waals surface area contributed by atoms with E-state index in [-0.39, 0.29) is 39.5 Å². The van der Waals surface area contributed by atoms with Crippen molar-refractivity contribution in [1.29, 1.82) is 0 Å². The van der Waals surface area contributed by atoms with Crippen molar-refractivity contribution < 1.29 is 47.1 Å². The number of nitrogens with zero attached hydrogens (tertiary/aromatic N) is 4. The molecular weight excluding hydrogens is 680 g/mol. The van der Waals surface area contributed by atoms with Gasteiger partial charge in [-0.15, -0.1) is 13.2 Å². The van der Waals surface area contributed by atoms with Gasteiger partial charge in [-0.2, -0.15) is 0 Å². The lowest BCUT2D eigenvalue weighted by atomic mass is 9.73. The molecule has 0 amide bonds. The number of hydrogen-bond donors (Lipinski definition) is 2. The van der Waals surface area contributed by atoms with E-state index in [2.05, 4.69) is 45.1 Å². The van der Waals surface area contributed by atoms with Gasteiger partial charge in [0.2, 0.25) is 0 Å². The molecule has 13 heteroatoms. The molecule has 10 rings (SSSR count). The van der Waals surface area contributed by atoms with E-state index in [9.17, 15) is 10.2 Å². The Morgan fingerprint density at radius 1 is 0.660 bits per heavy atom. The zero-order chi connectivity index (χ0) is 33.4. The molecule has 0 spiro atoms. The van der Waals surface area contributed by atoms with Crippen LogP contribution in [0.3, 0.4) is 0 Å². The predicted molar refractivity (Wildman–Crippen MR) is 208 cm³/mol. The summed E-state index contributed by atoms with van der Waals surface area (Å²) in [4.78, 5) is 13.7. The Hall–Kier alpha value is -4.02. The molecule has 6 aliphatic rings. The number of aliphatic hydroxyl groups is 2. The third-order valence-corrected chi connectivity index (χ3v) is 11.6. The number of benzene rings is 2. The van der Waals surface area contributed by atoms with E-state index in [1.807, 2.05) is 48.5 Å². The fourth-order valence-corrected chi connectivity index (χ4v) is 8.89. The van der Waals surface area contributed by atoms with Crippen LogP contribution in [0.25, 0.3) is 21.8 Å². The summed E-state index contributed by atoms with van der Waals surface area (Å²) in [5.41, 5.74) is 3.69. The van der Waals surface area contributed by atoms with Gasteiger partial charge in [0.25, 0.3) is 0 Å². The van der Waals surface area contributed by atoms with Gasteiger partial charge in [0.05, 0.1) is 37.5 Å². The molecule has 8 heterocycles. The summed E-state index contributed by atoms with van der Waals surface area (Å²) in [5.74, 6) is 4.01. The third-order valence-electron chi connectivity index (χ3n) is 11.6. The zero-order valence-electron chi connectivity index (χ0n) is 30.6. The highest BCUT2D eigenvalue weighted by molar-refractivity contribution is 5.84. The van der Waals surface area contributed by atoms with E-state index in [1.165, 1.54) is 12.8 Å². The van der Waals surface area contributed by atoms with E-state index in [0.29, 0.717) is 23.7 Å². The summed E-state index contributed by atoms with van der Waals surface area (Å²) >= 11 is 0. The highest BCUT2D eigenvalue weighted by atomic mass is 16.5. The van der Waals surface area contributed by atoms with Gasteiger partial charge >= 0.3 is 0 Å². The maximum absolute atomic E-state index is 11.2. The van der Waals surface area contributed by atoms with Gasteiger partial charge in [-0.05, 0) is 122 Å². The topological polar surface area (TPSA) is 249 Å². The zero-order valence-corrected chi connectivity index (χ0v) is 30.6. The standard InChI is InChI=1S/2C20H24N2O2.5H2O/c2*1-3-13-12-22-9-7-14(13)10-19(22)20(23)16-6-8-21-18-5-4-15(24-2)11-17(16)18;;;;;/h2*3-6,8,11,13-14,19-20,23H,1,7,9-10,12H2,2H3;5*1H2/t2*13-,14-,19+,20-;;;;;/m00...../s1. The van der Waals surface area contributed by atoms with Crippen molar-refractivity contribution in [2.24, 2.45) is 23.7 Å². The Morgan fingerprint density at radius 3 is 1.38 bits per heavy atom.